The lowest BCUT2D eigenvalue weighted by atomic mass is 10.2. The van der Waals surface area contributed by atoms with E-state index < -0.39 is 0 Å². The molecule has 1 heterocycles. The van der Waals surface area contributed by atoms with Crippen LogP contribution in [0.3, 0.4) is 0 Å². The van der Waals surface area contributed by atoms with Crippen molar-refractivity contribution in [2.45, 2.75) is 46.1 Å². The molecular formula is C13H24N4. The van der Waals surface area contributed by atoms with Crippen LogP contribution < -0.4 is 10.2 Å². The Morgan fingerprint density at radius 1 is 1.29 bits per heavy atom. The number of aromatic nitrogens is 2. The van der Waals surface area contributed by atoms with Crippen molar-refractivity contribution >= 4 is 11.6 Å². The van der Waals surface area contributed by atoms with Crippen LogP contribution in [-0.4, -0.2) is 30.1 Å². The molecule has 1 N–H and O–H groups in total. The van der Waals surface area contributed by atoms with Crippen molar-refractivity contribution in [3.8, 4) is 0 Å². The molecule has 0 spiro atoms. The highest BCUT2D eigenvalue weighted by atomic mass is 15.2. The van der Waals surface area contributed by atoms with Crippen molar-refractivity contribution in [1.82, 2.24) is 9.97 Å². The van der Waals surface area contributed by atoms with E-state index in [-0.39, 0.29) is 0 Å². The van der Waals surface area contributed by atoms with Gasteiger partial charge in [-0.15, -0.1) is 0 Å². The third kappa shape index (κ3) is 3.32. The maximum Gasteiger partial charge on any atom is 0.135 e. The van der Waals surface area contributed by atoms with Gasteiger partial charge >= 0.3 is 0 Å². The van der Waals surface area contributed by atoms with E-state index in [0.717, 1.165) is 23.9 Å². The van der Waals surface area contributed by atoms with Crippen LogP contribution in [0, 0.1) is 0 Å². The predicted octanol–water partition coefficient (Wildman–Crippen LogP) is 2.88. The molecular weight excluding hydrogens is 212 g/mol. The zero-order valence-corrected chi connectivity index (χ0v) is 11.8. The molecule has 0 saturated carbocycles. The van der Waals surface area contributed by atoms with Gasteiger partial charge in [-0.05, 0) is 13.3 Å². The van der Waals surface area contributed by atoms with Crippen LogP contribution >= 0.6 is 0 Å². The first kappa shape index (κ1) is 13.7. The van der Waals surface area contributed by atoms with Crippen LogP contribution in [0.2, 0.25) is 0 Å². The molecule has 4 nitrogen and oxygen atoms in total. The van der Waals surface area contributed by atoms with Crippen molar-refractivity contribution in [1.29, 1.82) is 0 Å². The minimum Gasteiger partial charge on any atom is -0.373 e. The van der Waals surface area contributed by atoms with E-state index in [1.54, 1.807) is 0 Å². The second kappa shape index (κ2) is 5.84. The van der Waals surface area contributed by atoms with Crippen molar-refractivity contribution in [3.05, 3.63) is 11.9 Å². The minimum atomic E-state index is 0.340. The molecule has 1 atom stereocenters. The Morgan fingerprint density at radius 2 is 1.94 bits per heavy atom. The molecule has 1 aromatic heterocycles. The first-order valence-corrected chi connectivity index (χ1v) is 6.29. The normalized spacial score (nSPS) is 12.6. The van der Waals surface area contributed by atoms with Gasteiger partial charge in [0.05, 0.1) is 0 Å². The summed E-state index contributed by atoms with van der Waals surface area (Å²) >= 11 is 0. The molecule has 0 amide bonds. The monoisotopic (exact) mass is 236 g/mol. The van der Waals surface area contributed by atoms with E-state index in [1.807, 2.05) is 13.1 Å². The third-order valence-electron chi connectivity index (χ3n) is 3.12. The molecule has 0 aliphatic heterocycles. The topological polar surface area (TPSA) is 41.0 Å². The van der Waals surface area contributed by atoms with E-state index >= 15 is 0 Å². The zero-order chi connectivity index (χ0) is 13.0. The summed E-state index contributed by atoms with van der Waals surface area (Å²) in [4.78, 5) is 11.3. The Labute approximate surface area is 104 Å². The van der Waals surface area contributed by atoms with Crippen molar-refractivity contribution in [2.24, 2.45) is 0 Å². The summed E-state index contributed by atoms with van der Waals surface area (Å²) in [5.41, 5.74) is 0. The van der Waals surface area contributed by atoms with E-state index in [1.165, 1.54) is 0 Å². The average molecular weight is 236 g/mol. The molecule has 0 fully saturated rings. The van der Waals surface area contributed by atoms with Gasteiger partial charge < -0.3 is 10.2 Å². The number of nitrogens with zero attached hydrogens (tertiary/aromatic N) is 3. The van der Waals surface area contributed by atoms with Gasteiger partial charge in [-0.2, -0.15) is 0 Å². The van der Waals surface area contributed by atoms with Gasteiger partial charge in [0.25, 0.3) is 0 Å². The summed E-state index contributed by atoms with van der Waals surface area (Å²) < 4.78 is 0. The van der Waals surface area contributed by atoms with Gasteiger partial charge in [-0.3, -0.25) is 0 Å². The number of nitrogens with one attached hydrogen (secondary N) is 1. The number of hydrogen-bond acceptors (Lipinski definition) is 4. The lowest BCUT2D eigenvalue weighted by Gasteiger charge is -2.25. The summed E-state index contributed by atoms with van der Waals surface area (Å²) in [6.07, 6.45) is 1.10. The van der Waals surface area contributed by atoms with Crippen LogP contribution in [0.15, 0.2) is 6.07 Å². The predicted molar refractivity (Wildman–Crippen MR) is 73.8 cm³/mol. The fraction of sp³-hybridized carbons (Fsp3) is 0.692. The highest BCUT2D eigenvalue weighted by Gasteiger charge is 2.13. The second-order valence-corrected chi connectivity index (χ2v) is 4.74. The van der Waals surface area contributed by atoms with Crippen LogP contribution in [0.4, 0.5) is 11.6 Å². The Kier molecular flexibility index (Phi) is 4.73. The van der Waals surface area contributed by atoms with Gasteiger partial charge in [-0.1, -0.05) is 20.8 Å². The van der Waals surface area contributed by atoms with Crippen molar-refractivity contribution in [3.63, 3.8) is 0 Å². The van der Waals surface area contributed by atoms with Crippen LogP contribution in [0.5, 0.6) is 0 Å². The average Bonchev–Trinajstić information content (AvgIpc) is 2.36. The lowest BCUT2D eigenvalue weighted by molar-refractivity contribution is 0.650. The standard InChI is InChI=1S/C13H24N4/c1-7-10(4)17(6)12-8-11(14-5)15-13(16-12)9(2)3/h8-10H,7H2,1-6H3,(H,14,15,16). The summed E-state index contributed by atoms with van der Waals surface area (Å²) in [6.45, 7) is 8.62. The largest absolute Gasteiger partial charge is 0.373 e. The fourth-order valence-corrected chi connectivity index (χ4v) is 1.52. The van der Waals surface area contributed by atoms with Gasteiger partial charge in [-0.25, -0.2) is 9.97 Å². The first-order chi connectivity index (χ1) is 7.99. The Bertz CT molecular complexity index is 362. The van der Waals surface area contributed by atoms with Crippen LogP contribution in [0.25, 0.3) is 0 Å². The zero-order valence-electron chi connectivity index (χ0n) is 11.8. The smallest absolute Gasteiger partial charge is 0.135 e. The minimum absolute atomic E-state index is 0.340. The second-order valence-electron chi connectivity index (χ2n) is 4.74. The summed E-state index contributed by atoms with van der Waals surface area (Å²) in [6, 6.07) is 2.48. The number of hydrogen-bond donors (Lipinski definition) is 1. The summed E-state index contributed by atoms with van der Waals surface area (Å²) in [5.74, 6) is 3.10. The highest BCUT2D eigenvalue weighted by molar-refractivity contribution is 5.49. The molecule has 0 aromatic carbocycles. The van der Waals surface area contributed by atoms with E-state index in [2.05, 4.69) is 54.9 Å². The summed E-state index contributed by atoms with van der Waals surface area (Å²) in [7, 11) is 3.97. The molecule has 0 radical (unpaired) electrons. The molecule has 0 saturated heterocycles. The lowest BCUT2D eigenvalue weighted by Crippen LogP contribution is -2.29. The molecule has 0 aliphatic carbocycles. The molecule has 96 valence electrons. The number of rotatable bonds is 5. The Hall–Kier alpha value is -1.32. The maximum atomic E-state index is 4.62. The first-order valence-electron chi connectivity index (χ1n) is 6.29. The van der Waals surface area contributed by atoms with Gasteiger partial charge in [0.15, 0.2) is 0 Å². The fourth-order valence-electron chi connectivity index (χ4n) is 1.52. The number of anilines is 2. The van der Waals surface area contributed by atoms with Crippen LogP contribution in [-0.2, 0) is 0 Å². The van der Waals surface area contributed by atoms with Crippen molar-refractivity contribution in [2.75, 3.05) is 24.3 Å². The summed E-state index contributed by atoms with van der Waals surface area (Å²) in [5, 5.41) is 3.10. The van der Waals surface area contributed by atoms with E-state index in [4.69, 9.17) is 0 Å². The Balaban J connectivity index is 3.10. The van der Waals surface area contributed by atoms with E-state index in [0.29, 0.717) is 12.0 Å². The van der Waals surface area contributed by atoms with Crippen LogP contribution in [0.1, 0.15) is 45.9 Å². The molecule has 17 heavy (non-hydrogen) atoms. The molecule has 1 aromatic rings. The molecule has 4 heteroatoms. The SMILES string of the molecule is CCC(C)N(C)c1cc(NC)nc(C(C)C)n1. The molecule has 0 bridgehead atoms. The third-order valence-corrected chi connectivity index (χ3v) is 3.12. The Morgan fingerprint density at radius 3 is 2.41 bits per heavy atom. The molecule has 0 aliphatic rings. The van der Waals surface area contributed by atoms with Gasteiger partial charge in [0.1, 0.15) is 17.5 Å². The highest BCUT2D eigenvalue weighted by Crippen LogP contribution is 2.20. The quantitative estimate of drug-likeness (QED) is 0.853. The maximum absolute atomic E-state index is 4.62. The van der Waals surface area contributed by atoms with Gasteiger partial charge in [0, 0.05) is 32.1 Å². The molecule has 1 unspecified atom stereocenters. The van der Waals surface area contributed by atoms with Gasteiger partial charge in [0.2, 0.25) is 0 Å². The van der Waals surface area contributed by atoms with Crippen molar-refractivity contribution < 1.29 is 0 Å². The van der Waals surface area contributed by atoms with E-state index in [9.17, 15) is 0 Å². The molecule has 1 rings (SSSR count).